The fraction of sp³-hybridized carbons (Fsp3) is 0.350. The Morgan fingerprint density at radius 3 is 1.87 bits per heavy atom. The molecule has 0 bridgehead atoms. The van der Waals surface area contributed by atoms with Crippen molar-refractivity contribution in [2.75, 3.05) is 18.4 Å². The van der Waals surface area contributed by atoms with Crippen molar-refractivity contribution in [2.24, 2.45) is 0 Å². The number of piperidine rings is 1. The summed E-state index contributed by atoms with van der Waals surface area (Å²) < 4.78 is 77.7. The number of carbonyl (C=O) groups is 1. The van der Waals surface area contributed by atoms with E-state index in [9.17, 15) is 36.2 Å². The normalized spacial score (nSPS) is 17.0. The zero-order valence-electron chi connectivity index (χ0n) is 15.5. The molecular formula is C20H18F6N2O2. The Morgan fingerprint density at radius 2 is 1.40 bits per heavy atom. The van der Waals surface area contributed by atoms with Crippen molar-refractivity contribution in [1.82, 2.24) is 4.90 Å². The number of likely N-dealkylation sites (tertiary alicyclic amines) is 1. The molecule has 0 aromatic heterocycles. The number of anilines is 1. The summed E-state index contributed by atoms with van der Waals surface area (Å²) >= 11 is 0. The Labute approximate surface area is 168 Å². The molecule has 0 saturated carbocycles. The highest BCUT2D eigenvalue weighted by molar-refractivity contribution is 5.89. The van der Waals surface area contributed by atoms with Crippen LogP contribution in [-0.4, -0.2) is 29.1 Å². The van der Waals surface area contributed by atoms with Crippen LogP contribution < -0.4 is 5.32 Å². The van der Waals surface area contributed by atoms with Gasteiger partial charge in [0.05, 0.1) is 16.7 Å². The second-order valence-corrected chi connectivity index (χ2v) is 7.11. The number of benzene rings is 2. The summed E-state index contributed by atoms with van der Waals surface area (Å²) in [6, 6.07) is 8.88. The monoisotopic (exact) mass is 432 g/mol. The van der Waals surface area contributed by atoms with Crippen molar-refractivity contribution in [1.29, 1.82) is 0 Å². The highest BCUT2D eigenvalue weighted by atomic mass is 19.4. The van der Waals surface area contributed by atoms with E-state index in [1.807, 2.05) is 0 Å². The zero-order valence-corrected chi connectivity index (χ0v) is 15.5. The van der Waals surface area contributed by atoms with E-state index in [4.69, 9.17) is 0 Å². The molecular weight excluding hydrogens is 414 g/mol. The highest BCUT2D eigenvalue weighted by Crippen LogP contribution is 2.38. The molecule has 1 fully saturated rings. The van der Waals surface area contributed by atoms with Crippen LogP contribution in [0, 0.1) is 0 Å². The first-order chi connectivity index (χ1) is 13.9. The fourth-order valence-corrected chi connectivity index (χ4v) is 3.35. The van der Waals surface area contributed by atoms with E-state index >= 15 is 0 Å². The third-order valence-corrected chi connectivity index (χ3v) is 5.03. The molecule has 0 spiro atoms. The molecule has 4 nitrogen and oxygen atoms in total. The SMILES string of the molecule is O=C(Nc1cc(C(F)(F)F)cc(C(F)(F)F)c1)N1CCC(O)(c2ccccc2)CC1. The standard InChI is InChI=1S/C20H18F6N2O2/c21-19(22,23)14-10-15(20(24,25)26)12-16(11-14)27-17(29)28-8-6-18(30,7-9-28)13-4-2-1-3-5-13/h1-5,10-12,30H,6-9H2,(H,27,29). The highest BCUT2D eigenvalue weighted by Gasteiger charge is 2.38. The Balaban J connectivity index is 1.74. The number of carbonyl (C=O) groups excluding carboxylic acids is 1. The summed E-state index contributed by atoms with van der Waals surface area (Å²) in [5.74, 6) is 0. The number of hydrogen-bond acceptors (Lipinski definition) is 2. The van der Waals surface area contributed by atoms with Crippen LogP contribution in [0.4, 0.5) is 36.8 Å². The van der Waals surface area contributed by atoms with Gasteiger partial charge in [0.2, 0.25) is 0 Å². The summed E-state index contributed by atoms with van der Waals surface area (Å²) in [6.45, 7) is 0.171. The van der Waals surface area contributed by atoms with Crippen LogP contribution in [-0.2, 0) is 18.0 Å². The van der Waals surface area contributed by atoms with E-state index in [1.54, 1.807) is 30.3 Å². The Kier molecular flexibility index (Phi) is 5.72. The zero-order chi connectivity index (χ0) is 22.2. The molecule has 1 saturated heterocycles. The van der Waals surface area contributed by atoms with Gasteiger partial charge in [0, 0.05) is 18.8 Å². The van der Waals surface area contributed by atoms with Gasteiger partial charge in [0.25, 0.3) is 0 Å². The van der Waals surface area contributed by atoms with Crippen LogP contribution >= 0.6 is 0 Å². The third kappa shape index (κ3) is 4.86. The summed E-state index contributed by atoms with van der Waals surface area (Å²) in [4.78, 5) is 13.6. The van der Waals surface area contributed by atoms with Gasteiger partial charge in [0.15, 0.2) is 0 Å². The molecule has 2 aromatic carbocycles. The molecule has 30 heavy (non-hydrogen) atoms. The number of rotatable bonds is 2. The molecule has 10 heteroatoms. The topological polar surface area (TPSA) is 52.6 Å². The van der Waals surface area contributed by atoms with Crippen molar-refractivity contribution >= 4 is 11.7 Å². The Morgan fingerprint density at radius 1 is 0.900 bits per heavy atom. The van der Waals surface area contributed by atoms with Crippen LogP contribution in [0.5, 0.6) is 0 Å². The molecule has 2 aromatic rings. The Hall–Kier alpha value is -2.75. The predicted octanol–water partition coefficient (Wildman–Crippen LogP) is 5.24. The molecule has 2 amide bonds. The van der Waals surface area contributed by atoms with E-state index in [2.05, 4.69) is 5.32 Å². The quantitative estimate of drug-likeness (QED) is 0.638. The van der Waals surface area contributed by atoms with Gasteiger partial charge < -0.3 is 15.3 Å². The van der Waals surface area contributed by atoms with Gasteiger partial charge in [-0.05, 0) is 36.6 Å². The Bertz CT molecular complexity index is 871. The molecule has 3 rings (SSSR count). The van der Waals surface area contributed by atoms with Gasteiger partial charge in [-0.1, -0.05) is 30.3 Å². The minimum Gasteiger partial charge on any atom is -0.385 e. The van der Waals surface area contributed by atoms with E-state index in [0.29, 0.717) is 17.7 Å². The molecule has 1 heterocycles. The molecule has 0 unspecified atom stereocenters. The molecule has 0 radical (unpaired) electrons. The second-order valence-electron chi connectivity index (χ2n) is 7.11. The molecule has 1 aliphatic heterocycles. The minimum atomic E-state index is -5.00. The fourth-order valence-electron chi connectivity index (χ4n) is 3.35. The summed E-state index contributed by atoms with van der Waals surface area (Å²) in [7, 11) is 0. The van der Waals surface area contributed by atoms with Crippen molar-refractivity contribution < 1.29 is 36.2 Å². The van der Waals surface area contributed by atoms with Gasteiger partial charge >= 0.3 is 18.4 Å². The van der Waals surface area contributed by atoms with Crippen LogP contribution in [0.1, 0.15) is 29.5 Å². The maximum absolute atomic E-state index is 13.0. The smallest absolute Gasteiger partial charge is 0.385 e. The van der Waals surface area contributed by atoms with E-state index in [-0.39, 0.29) is 32.0 Å². The first kappa shape index (κ1) is 21.9. The molecule has 0 aliphatic carbocycles. The van der Waals surface area contributed by atoms with E-state index in [1.165, 1.54) is 4.90 Å². The van der Waals surface area contributed by atoms with E-state index < -0.39 is 40.8 Å². The number of urea groups is 1. The number of amides is 2. The summed E-state index contributed by atoms with van der Waals surface area (Å²) in [6.07, 6.45) is -9.64. The van der Waals surface area contributed by atoms with Crippen molar-refractivity contribution in [2.45, 2.75) is 30.8 Å². The molecule has 2 N–H and O–H groups in total. The molecule has 0 atom stereocenters. The van der Waals surface area contributed by atoms with Crippen LogP contribution in [0.3, 0.4) is 0 Å². The number of nitrogens with zero attached hydrogens (tertiary/aromatic N) is 1. The number of aliphatic hydroxyl groups is 1. The third-order valence-electron chi connectivity index (χ3n) is 5.03. The number of halogens is 6. The van der Waals surface area contributed by atoms with Crippen LogP contribution in [0.2, 0.25) is 0 Å². The predicted molar refractivity (Wildman–Crippen MR) is 96.6 cm³/mol. The second kappa shape index (κ2) is 7.82. The summed E-state index contributed by atoms with van der Waals surface area (Å²) in [5.41, 5.74) is -4.10. The average molecular weight is 432 g/mol. The van der Waals surface area contributed by atoms with Gasteiger partial charge in [0.1, 0.15) is 0 Å². The van der Waals surface area contributed by atoms with Crippen LogP contribution in [0.15, 0.2) is 48.5 Å². The molecule has 162 valence electrons. The maximum atomic E-state index is 13.0. The number of alkyl halides is 6. The van der Waals surface area contributed by atoms with Crippen molar-refractivity contribution in [3.8, 4) is 0 Å². The average Bonchev–Trinajstić information content (AvgIpc) is 2.67. The first-order valence-electron chi connectivity index (χ1n) is 9.02. The van der Waals surface area contributed by atoms with Crippen molar-refractivity contribution in [3.05, 3.63) is 65.2 Å². The lowest BCUT2D eigenvalue weighted by molar-refractivity contribution is -0.143. The number of hydrogen-bond donors (Lipinski definition) is 2. The maximum Gasteiger partial charge on any atom is 0.416 e. The van der Waals surface area contributed by atoms with E-state index in [0.717, 1.165) is 0 Å². The van der Waals surface area contributed by atoms with Crippen molar-refractivity contribution in [3.63, 3.8) is 0 Å². The van der Waals surface area contributed by atoms with Crippen LogP contribution in [0.25, 0.3) is 0 Å². The minimum absolute atomic E-state index is 0.00345. The van der Waals surface area contributed by atoms with Gasteiger partial charge in [-0.15, -0.1) is 0 Å². The number of nitrogens with one attached hydrogen (secondary N) is 1. The first-order valence-corrected chi connectivity index (χ1v) is 9.02. The summed E-state index contributed by atoms with van der Waals surface area (Å²) in [5, 5.41) is 12.9. The van der Waals surface area contributed by atoms with Gasteiger partial charge in [-0.3, -0.25) is 0 Å². The van der Waals surface area contributed by atoms with Gasteiger partial charge in [-0.25, -0.2) is 4.79 Å². The lowest BCUT2D eigenvalue weighted by Gasteiger charge is -2.38. The van der Waals surface area contributed by atoms with Gasteiger partial charge in [-0.2, -0.15) is 26.3 Å². The lowest BCUT2D eigenvalue weighted by Crippen LogP contribution is -2.46. The molecule has 1 aliphatic rings. The largest absolute Gasteiger partial charge is 0.416 e. The lowest BCUT2D eigenvalue weighted by atomic mass is 9.84.